The summed E-state index contributed by atoms with van der Waals surface area (Å²) in [6, 6.07) is 17.8. The maximum Gasteiger partial charge on any atom is 0.264 e. The van der Waals surface area contributed by atoms with Gasteiger partial charge < -0.3 is 14.8 Å². The molecule has 37 heavy (non-hydrogen) atoms. The lowest BCUT2D eigenvalue weighted by Gasteiger charge is -2.25. The van der Waals surface area contributed by atoms with Crippen LogP contribution in [0.15, 0.2) is 71.6 Å². The smallest absolute Gasteiger partial charge is 0.264 e. The lowest BCUT2D eigenvalue weighted by molar-refractivity contribution is -0.119. The highest BCUT2D eigenvalue weighted by Gasteiger charge is 2.29. The number of fused-ring (bicyclic) bond motifs is 1. The van der Waals surface area contributed by atoms with Gasteiger partial charge in [0.1, 0.15) is 25.6 Å². The minimum atomic E-state index is -4.21. The fraction of sp³-hybridized carbons (Fsp3) is 0.296. The predicted molar refractivity (Wildman–Crippen MR) is 143 cm³/mol. The molecule has 1 amide bonds. The normalized spacial score (nSPS) is 12.7. The summed E-state index contributed by atoms with van der Waals surface area (Å²) in [6.45, 7) is 2.64. The first kappa shape index (κ1) is 26.8. The van der Waals surface area contributed by atoms with E-state index in [0.717, 1.165) is 28.3 Å². The molecule has 0 saturated carbocycles. The Morgan fingerprint density at radius 3 is 2.54 bits per heavy atom. The van der Waals surface area contributed by atoms with Crippen LogP contribution in [0.25, 0.3) is 0 Å². The van der Waals surface area contributed by atoms with Crippen molar-refractivity contribution in [1.29, 1.82) is 0 Å². The largest absolute Gasteiger partial charge is 0.486 e. The van der Waals surface area contributed by atoms with Gasteiger partial charge in [0, 0.05) is 18.4 Å². The maximum absolute atomic E-state index is 14.0. The Labute approximate surface area is 221 Å². The molecule has 196 valence electrons. The van der Waals surface area contributed by atoms with Crippen LogP contribution in [-0.2, 0) is 20.6 Å². The molecule has 0 bridgehead atoms. The number of thioether (sulfide) groups is 1. The second-order valence-electron chi connectivity index (χ2n) is 8.54. The number of nitrogens with zero attached hydrogens (tertiary/aromatic N) is 1. The molecular weight excluding hydrogens is 515 g/mol. The highest BCUT2D eigenvalue weighted by molar-refractivity contribution is 7.98. The first-order chi connectivity index (χ1) is 17.8. The molecule has 3 aromatic rings. The van der Waals surface area contributed by atoms with Crippen molar-refractivity contribution in [3.8, 4) is 11.5 Å². The molecular formula is C27H29FN2O5S2. The zero-order valence-corrected chi connectivity index (χ0v) is 22.1. The Morgan fingerprint density at radius 2 is 1.78 bits per heavy atom. The Kier molecular flexibility index (Phi) is 8.94. The number of ether oxygens (including phenoxy) is 2. The van der Waals surface area contributed by atoms with Gasteiger partial charge in [0.05, 0.1) is 10.6 Å². The second kappa shape index (κ2) is 12.3. The summed E-state index contributed by atoms with van der Waals surface area (Å²) in [5.41, 5.74) is 2.52. The van der Waals surface area contributed by atoms with Crippen LogP contribution < -0.4 is 19.1 Å². The molecule has 0 spiro atoms. The van der Waals surface area contributed by atoms with Gasteiger partial charge in [0.25, 0.3) is 10.0 Å². The summed E-state index contributed by atoms with van der Waals surface area (Å²) in [5.74, 6) is 1.39. The molecule has 0 saturated heterocycles. The summed E-state index contributed by atoms with van der Waals surface area (Å²) in [6.07, 6.45) is 0.733. The minimum Gasteiger partial charge on any atom is -0.486 e. The molecule has 10 heteroatoms. The molecule has 0 unspecified atom stereocenters. The quantitative estimate of drug-likeness (QED) is 0.357. The zero-order chi connectivity index (χ0) is 26.3. The van der Waals surface area contributed by atoms with Gasteiger partial charge >= 0.3 is 0 Å². The van der Waals surface area contributed by atoms with Crippen LogP contribution in [0.1, 0.15) is 17.5 Å². The van der Waals surface area contributed by atoms with Crippen LogP contribution in [0.5, 0.6) is 11.5 Å². The van der Waals surface area contributed by atoms with Crippen molar-refractivity contribution in [2.24, 2.45) is 0 Å². The number of amides is 1. The number of rotatable bonds is 11. The standard InChI is InChI=1S/C27H29FN2O5S2/c1-20-6-8-21(9-7-20)19-36-15-3-12-29-27(31)18-30(23-5-2-4-22(28)16-23)37(32,33)24-10-11-25-26(17-24)35-14-13-34-25/h2,4-11,16-17H,3,12-15,18-19H2,1H3,(H,29,31). The maximum atomic E-state index is 14.0. The first-order valence-corrected chi connectivity index (χ1v) is 14.5. The number of sulfonamides is 1. The van der Waals surface area contributed by atoms with Gasteiger partial charge in [-0.2, -0.15) is 11.8 Å². The fourth-order valence-corrected chi connectivity index (χ4v) is 6.07. The number of halogens is 1. The van der Waals surface area contributed by atoms with Gasteiger partial charge in [0.15, 0.2) is 11.5 Å². The summed E-state index contributed by atoms with van der Waals surface area (Å²) in [5, 5.41) is 2.78. The zero-order valence-electron chi connectivity index (χ0n) is 20.5. The summed E-state index contributed by atoms with van der Waals surface area (Å²) in [7, 11) is -4.21. The Hall–Kier alpha value is -3.24. The van der Waals surface area contributed by atoms with Crippen LogP contribution in [-0.4, -0.2) is 46.4 Å². The number of carbonyl (C=O) groups excluding carboxylic acids is 1. The average Bonchev–Trinajstić information content (AvgIpc) is 2.90. The van der Waals surface area contributed by atoms with Crippen molar-refractivity contribution < 1.29 is 27.1 Å². The van der Waals surface area contributed by atoms with Gasteiger partial charge in [-0.25, -0.2) is 12.8 Å². The number of carbonyl (C=O) groups is 1. The van der Waals surface area contributed by atoms with Gasteiger partial charge in [-0.3, -0.25) is 9.10 Å². The van der Waals surface area contributed by atoms with Crippen LogP contribution in [0, 0.1) is 12.7 Å². The highest BCUT2D eigenvalue weighted by Crippen LogP contribution is 2.34. The predicted octanol–water partition coefficient (Wildman–Crippen LogP) is 4.54. The van der Waals surface area contributed by atoms with Crippen molar-refractivity contribution in [1.82, 2.24) is 5.32 Å². The van der Waals surface area contributed by atoms with Gasteiger partial charge in [0.2, 0.25) is 5.91 Å². The third kappa shape index (κ3) is 7.17. The van der Waals surface area contributed by atoms with E-state index in [-0.39, 0.29) is 10.6 Å². The molecule has 3 aromatic carbocycles. The second-order valence-corrected chi connectivity index (χ2v) is 11.5. The lowest BCUT2D eigenvalue weighted by Crippen LogP contribution is -2.41. The van der Waals surface area contributed by atoms with Crippen molar-refractivity contribution in [3.05, 3.63) is 83.7 Å². The van der Waals surface area contributed by atoms with E-state index in [0.29, 0.717) is 31.3 Å². The molecule has 0 aliphatic carbocycles. The third-order valence-corrected chi connectivity index (χ3v) is 8.55. The Balaban J connectivity index is 1.38. The number of benzene rings is 3. The molecule has 0 fully saturated rings. The first-order valence-electron chi connectivity index (χ1n) is 11.9. The van der Waals surface area contributed by atoms with Gasteiger partial charge in [-0.1, -0.05) is 35.9 Å². The number of aryl methyl sites for hydroxylation is 1. The van der Waals surface area contributed by atoms with E-state index >= 15 is 0 Å². The molecule has 1 aliphatic rings. The fourth-order valence-electron chi connectivity index (χ4n) is 3.72. The molecule has 1 N–H and O–H groups in total. The van der Waals surface area contributed by atoms with Gasteiger partial charge in [-0.05, 0) is 55.0 Å². The summed E-state index contributed by atoms with van der Waals surface area (Å²) < 4.78 is 53.0. The van der Waals surface area contributed by atoms with E-state index in [4.69, 9.17) is 9.47 Å². The van der Waals surface area contributed by atoms with Crippen LogP contribution in [0.3, 0.4) is 0 Å². The monoisotopic (exact) mass is 544 g/mol. The van der Waals surface area contributed by atoms with Crippen molar-refractivity contribution in [2.45, 2.75) is 24.0 Å². The van der Waals surface area contributed by atoms with E-state index in [1.165, 1.54) is 47.5 Å². The highest BCUT2D eigenvalue weighted by atomic mass is 32.2. The summed E-state index contributed by atoms with van der Waals surface area (Å²) >= 11 is 1.77. The van der Waals surface area contributed by atoms with E-state index in [1.54, 1.807) is 11.8 Å². The molecule has 4 rings (SSSR count). The van der Waals surface area contributed by atoms with E-state index in [1.807, 2.05) is 0 Å². The number of anilines is 1. The van der Waals surface area contributed by atoms with Crippen molar-refractivity contribution in [3.63, 3.8) is 0 Å². The lowest BCUT2D eigenvalue weighted by atomic mass is 10.2. The molecule has 0 aromatic heterocycles. The topological polar surface area (TPSA) is 84.9 Å². The number of nitrogens with one attached hydrogen (secondary N) is 1. The van der Waals surface area contributed by atoms with Crippen LogP contribution >= 0.6 is 11.8 Å². The third-order valence-electron chi connectivity index (χ3n) is 5.66. The van der Waals surface area contributed by atoms with E-state index < -0.39 is 28.3 Å². The molecule has 1 heterocycles. The SMILES string of the molecule is Cc1ccc(CSCCCNC(=O)CN(c2cccc(F)c2)S(=O)(=O)c2ccc3c(c2)OCCO3)cc1. The molecule has 7 nitrogen and oxygen atoms in total. The molecule has 1 aliphatic heterocycles. The van der Waals surface area contributed by atoms with Crippen molar-refractivity contribution in [2.75, 3.05) is 36.4 Å². The Bertz CT molecular complexity index is 1330. The van der Waals surface area contributed by atoms with E-state index in [9.17, 15) is 17.6 Å². The molecule has 0 radical (unpaired) electrons. The van der Waals surface area contributed by atoms with Crippen molar-refractivity contribution >= 4 is 33.4 Å². The van der Waals surface area contributed by atoms with Crippen LogP contribution in [0.2, 0.25) is 0 Å². The number of hydrogen-bond donors (Lipinski definition) is 1. The minimum absolute atomic E-state index is 0.0543. The van der Waals surface area contributed by atoms with Gasteiger partial charge in [-0.15, -0.1) is 0 Å². The Morgan fingerprint density at radius 1 is 1.03 bits per heavy atom. The van der Waals surface area contributed by atoms with Crippen LogP contribution in [0.4, 0.5) is 10.1 Å². The molecule has 0 atom stereocenters. The average molecular weight is 545 g/mol. The summed E-state index contributed by atoms with van der Waals surface area (Å²) in [4.78, 5) is 12.7. The number of hydrogen-bond acceptors (Lipinski definition) is 6. The van der Waals surface area contributed by atoms with E-state index in [2.05, 4.69) is 36.5 Å².